The third-order valence-electron chi connectivity index (χ3n) is 2.70. The van der Waals surface area contributed by atoms with Gasteiger partial charge < -0.3 is 15.0 Å². The summed E-state index contributed by atoms with van der Waals surface area (Å²) in [6, 6.07) is 0. The predicted octanol–water partition coefficient (Wildman–Crippen LogP) is 0.464. The second kappa shape index (κ2) is 6.45. The quantitative estimate of drug-likeness (QED) is 0.586. The highest BCUT2D eigenvalue weighted by Gasteiger charge is 2.20. The Morgan fingerprint density at radius 3 is 3.00 bits per heavy atom. The van der Waals surface area contributed by atoms with Gasteiger partial charge in [-0.3, -0.25) is 4.79 Å². The SMILES string of the molecule is COC(=O)C(Br)CNCC1CCN(C)C1. The molecule has 1 aliphatic heterocycles. The normalized spacial score (nSPS) is 24.1. The van der Waals surface area contributed by atoms with Crippen molar-refractivity contribution in [3.8, 4) is 0 Å². The fourth-order valence-electron chi connectivity index (χ4n) is 1.82. The van der Waals surface area contributed by atoms with Crippen LogP contribution in [0.15, 0.2) is 0 Å². The fraction of sp³-hybridized carbons (Fsp3) is 0.900. The Kier molecular flexibility index (Phi) is 5.56. The lowest BCUT2D eigenvalue weighted by atomic mass is 10.1. The minimum absolute atomic E-state index is 0.217. The lowest BCUT2D eigenvalue weighted by molar-refractivity contribution is -0.139. The number of esters is 1. The molecule has 15 heavy (non-hydrogen) atoms. The summed E-state index contributed by atoms with van der Waals surface area (Å²) in [7, 11) is 3.55. The Morgan fingerprint density at radius 2 is 2.47 bits per heavy atom. The van der Waals surface area contributed by atoms with Gasteiger partial charge in [-0.2, -0.15) is 0 Å². The van der Waals surface area contributed by atoms with E-state index in [2.05, 4.69) is 37.9 Å². The molecule has 0 bridgehead atoms. The standard InChI is InChI=1S/C10H19BrN2O2/c1-13-4-3-8(7-13)5-12-6-9(11)10(14)15-2/h8-9,12H,3-7H2,1-2H3. The number of likely N-dealkylation sites (tertiary alicyclic amines) is 1. The molecule has 1 heterocycles. The molecule has 5 heteroatoms. The Balaban J connectivity index is 2.08. The number of alkyl halides is 1. The maximum atomic E-state index is 11.1. The highest BCUT2D eigenvalue weighted by atomic mass is 79.9. The van der Waals surface area contributed by atoms with Crippen LogP contribution in [0.25, 0.3) is 0 Å². The summed E-state index contributed by atoms with van der Waals surface area (Å²) < 4.78 is 4.62. The average Bonchev–Trinajstić information content (AvgIpc) is 2.63. The summed E-state index contributed by atoms with van der Waals surface area (Å²) in [5.41, 5.74) is 0. The molecule has 0 radical (unpaired) electrons. The summed E-state index contributed by atoms with van der Waals surface area (Å²) >= 11 is 3.28. The number of hydrogen-bond acceptors (Lipinski definition) is 4. The van der Waals surface area contributed by atoms with E-state index in [1.54, 1.807) is 0 Å². The van der Waals surface area contributed by atoms with Gasteiger partial charge in [-0.1, -0.05) is 15.9 Å². The fourth-order valence-corrected chi connectivity index (χ4v) is 2.23. The lowest BCUT2D eigenvalue weighted by Gasteiger charge is -2.13. The first-order valence-electron chi connectivity index (χ1n) is 5.24. The molecule has 1 N–H and O–H groups in total. The van der Waals surface area contributed by atoms with Gasteiger partial charge in [-0.05, 0) is 32.5 Å². The zero-order valence-electron chi connectivity index (χ0n) is 9.33. The van der Waals surface area contributed by atoms with Crippen molar-refractivity contribution in [2.45, 2.75) is 11.2 Å². The van der Waals surface area contributed by atoms with Crippen molar-refractivity contribution in [1.29, 1.82) is 0 Å². The van der Waals surface area contributed by atoms with Crippen LogP contribution in [0.5, 0.6) is 0 Å². The first-order valence-corrected chi connectivity index (χ1v) is 6.16. The number of nitrogens with one attached hydrogen (secondary N) is 1. The maximum Gasteiger partial charge on any atom is 0.320 e. The van der Waals surface area contributed by atoms with E-state index >= 15 is 0 Å². The largest absolute Gasteiger partial charge is 0.468 e. The number of halogens is 1. The van der Waals surface area contributed by atoms with Crippen LogP contribution in [0, 0.1) is 5.92 Å². The van der Waals surface area contributed by atoms with Crippen molar-refractivity contribution in [2.75, 3.05) is 40.3 Å². The molecule has 1 saturated heterocycles. The van der Waals surface area contributed by atoms with Gasteiger partial charge in [0.1, 0.15) is 4.83 Å². The molecular formula is C10H19BrN2O2. The third-order valence-corrected chi connectivity index (χ3v) is 3.40. The number of ether oxygens (including phenoxy) is 1. The zero-order valence-corrected chi connectivity index (χ0v) is 10.9. The van der Waals surface area contributed by atoms with Crippen LogP contribution in [-0.2, 0) is 9.53 Å². The molecule has 0 aromatic heterocycles. The first kappa shape index (κ1) is 12.9. The maximum absolute atomic E-state index is 11.1. The highest BCUT2D eigenvalue weighted by molar-refractivity contribution is 9.10. The number of carbonyl (C=O) groups excluding carboxylic acids is 1. The van der Waals surface area contributed by atoms with Crippen LogP contribution in [0.2, 0.25) is 0 Å². The van der Waals surface area contributed by atoms with E-state index < -0.39 is 0 Å². The van der Waals surface area contributed by atoms with Crippen molar-refractivity contribution < 1.29 is 9.53 Å². The summed E-state index contributed by atoms with van der Waals surface area (Å²) in [5, 5.41) is 3.29. The van der Waals surface area contributed by atoms with Crippen molar-refractivity contribution in [2.24, 2.45) is 5.92 Å². The first-order chi connectivity index (χ1) is 7.13. The smallest absolute Gasteiger partial charge is 0.320 e. The van der Waals surface area contributed by atoms with Gasteiger partial charge in [0.25, 0.3) is 0 Å². The Labute approximate surface area is 99.5 Å². The lowest BCUT2D eigenvalue weighted by Crippen LogP contribution is -2.33. The number of nitrogens with zero attached hydrogens (tertiary/aromatic N) is 1. The van der Waals surface area contributed by atoms with Gasteiger partial charge >= 0.3 is 5.97 Å². The number of hydrogen-bond donors (Lipinski definition) is 1. The monoisotopic (exact) mass is 278 g/mol. The molecule has 1 aliphatic rings. The van der Waals surface area contributed by atoms with Crippen molar-refractivity contribution in [3.63, 3.8) is 0 Å². The number of rotatable bonds is 5. The van der Waals surface area contributed by atoms with Crippen LogP contribution in [-0.4, -0.2) is 56.0 Å². The van der Waals surface area contributed by atoms with Gasteiger partial charge in [0.05, 0.1) is 7.11 Å². The van der Waals surface area contributed by atoms with E-state index in [1.165, 1.54) is 20.1 Å². The molecular weight excluding hydrogens is 260 g/mol. The van der Waals surface area contributed by atoms with Crippen LogP contribution in [0.3, 0.4) is 0 Å². The molecule has 1 fully saturated rings. The van der Waals surface area contributed by atoms with Crippen LogP contribution >= 0.6 is 15.9 Å². The van der Waals surface area contributed by atoms with Crippen LogP contribution in [0.1, 0.15) is 6.42 Å². The molecule has 88 valence electrons. The molecule has 0 saturated carbocycles. The van der Waals surface area contributed by atoms with E-state index in [0.29, 0.717) is 12.5 Å². The van der Waals surface area contributed by atoms with Gasteiger partial charge in [-0.15, -0.1) is 0 Å². The third kappa shape index (κ3) is 4.49. The van der Waals surface area contributed by atoms with E-state index in [1.807, 2.05) is 0 Å². The molecule has 0 amide bonds. The van der Waals surface area contributed by atoms with Crippen molar-refractivity contribution >= 4 is 21.9 Å². The molecule has 0 aliphatic carbocycles. The Hall–Kier alpha value is -0.130. The van der Waals surface area contributed by atoms with E-state index in [0.717, 1.165) is 13.1 Å². The Bertz CT molecular complexity index is 214. The second-order valence-corrected chi connectivity index (χ2v) is 5.17. The molecule has 1 rings (SSSR count). The summed E-state index contributed by atoms with van der Waals surface area (Å²) in [6.45, 7) is 3.94. The topological polar surface area (TPSA) is 41.6 Å². The van der Waals surface area contributed by atoms with Crippen molar-refractivity contribution in [3.05, 3.63) is 0 Å². The second-order valence-electron chi connectivity index (χ2n) is 4.07. The summed E-state index contributed by atoms with van der Waals surface area (Å²) in [4.78, 5) is 13.2. The van der Waals surface area contributed by atoms with Crippen LogP contribution < -0.4 is 5.32 Å². The van der Waals surface area contributed by atoms with E-state index in [4.69, 9.17) is 0 Å². The van der Waals surface area contributed by atoms with E-state index in [-0.39, 0.29) is 10.8 Å². The van der Waals surface area contributed by atoms with Crippen LogP contribution in [0.4, 0.5) is 0 Å². The van der Waals surface area contributed by atoms with Gasteiger partial charge in [0.2, 0.25) is 0 Å². The summed E-state index contributed by atoms with van der Waals surface area (Å²) in [5.74, 6) is 0.499. The van der Waals surface area contributed by atoms with Gasteiger partial charge in [-0.25, -0.2) is 0 Å². The number of carbonyl (C=O) groups is 1. The molecule has 0 aromatic carbocycles. The van der Waals surface area contributed by atoms with Gasteiger partial charge in [0, 0.05) is 13.1 Å². The zero-order chi connectivity index (χ0) is 11.3. The average molecular weight is 279 g/mol. The molecule has 0 aromatic rings. The highest BCUT2D eigenvalue weighted by Crippen LogP contribution is 2.12. The predicted molar refractivity (Wildman–Crippen MR) is 63.2 cm³/mol. The number of methoxy groups -OCH3 is 1. The van der Waals surface area contributed by atoms with Gasteiger partial charge in [0.15, 0.2) is 0 Å². The van der Waals surface area contributed by atoms with E-state index in [9.17, 15) is 4.79 Å². The summed E-state index contributed by atoms with van der Waals surface area (Å²) in [6.07, 6.45) is 1.24. The minimum Gasteiger partial charge on any atom is -0.468 e. The molecule has 4 nitrogen and oxygen atoms in total. The Morgan fingerprint density at radius 1 is 1.73 bits per heavy atom. The molecule has 2 atom stereocenters. The molecule has 2 unspecified atom stereocenters. The minimum atomic E-state index is -0.235. The molecule has 0 spiro atoms. The van der Waals surface area contributed by atoms with Crippen molar-refractivity contribution in [1.82, 2.24) is 10.2 Å².